The molecule has 0 aromatic carbocycles. The van der Waals surface area contributed by atoms with Crippen molar-refractivity contribution in [2.75, 3.05) is 26.2 Å². The van der Waals surface area contributed by atoms with E-state index in [2.05, 4.69) is 10.1 Å². The Bertz CT molecular complexity index is 892. The molecule has 0 unspecified atom stereocenters. The molecule has 0 radical (unpaired) electrons. The van der Waals surface area contributed by atoms with Gasteiger partial charge in [0.2, 0.25) is 17.6 Å². The van der Waals surface area contributed by atoms with Crippen LogP contribution < -0.4 is 0 Å². The lowest BCUT2D eigenvalue weighted by molar-refractivity contribution is -0.132. The van der Waals surface area contributed by atoms with Crippen molar-refractivity contribution in [3.63, 3.8) is 0 Å². The molecule has 0 aliphatic carbocycles. The molecule has 0 N–H and O–H groups in total. The molecular formula is C18H18N4O5. The third kappa shape index (κ3) is 3.76. The van der Waals surface area contributed by atoms with Gasteiger partial charge in [0.1, 0.15) is 0 Å². The van der Waals surface area contributed by atoms with Gasteiger partial charge in [0, 0.05) is 39.0 Å². The van der Waals surface area contributed by atoms with E-state index in [1.54, 1.807) is 34.1 Å². The van der Waals surface area contributed by atoms with Crippen LogP contribution in [0.2, 0.25) is 0 Å². The summed E-state index contributed by atoms with van der Waals surface area (Å²) in [5.41, 5.74) is 0. The van der Waals surface area contributed by atoms with Crippen molar-refractivity contribution in [3.05, 3.63) is 48.4 Å². The van der Waals surface area contributed by atoms with Crippen LogP contribution in [0.5, 0.6) is 0 Å². The molecule has 1 aliphatic rings. The average molecular weight is 370 g/mol. The summed E-state index contributed by atoms with van der Waals surface area (Å²) in [4.78, 5) is 32.3. The highest BCUT2D eigenvalue weighted by Gasteiger charge is 2.26. The molecule has 2 amide bonds. The van der Waals surface area contributed by atoms with Gasteiger partial charge in [-0.25, -0.2) is 0 Å². The van der Waals surface area contributed by atoms with Gasteiger partial charge in [-0.3, -0.25) is 9.59 Å². The normalized spacial score (nSPS) is 14.5. The van der Waals surface area contributed by atoms with Crippen LogP contribution >= 0.6 is 0 Å². The quantitative estimate of drug-likeness (QED) is 0.674. The van der Waals surface area contributed by atoms with E-state index in [0.717, 1.165) is 0 Å². The predicted molar refractivity (Wildman–Crippen MR) is 91.5 cm³/mol. The molecule has 9 heteroatoms. The Labute approximate surface area is 154 Å². The van der Waals surface area contributed by atoms with E-state index in [9.17, 15) is 9.59 Å². The summed E-state index contributed by atoms with van der Waals surface area (Å²) in [5.74, 6) is 1.45. The Hall–Kier alpha value is -3.36. The monoisotopic (exact) mass is 370 g/mol. The summed E-state index contributed by atoms with van der Waals surface area (Å²) in [7, 11) is 0. The van der Waals surface area contributed by atoms with E-state index in [1.807, 2.05) is 0 Å². The van der Waals surface area contributed by atoms with Crippen LogP contribution in [-0.2, 0) is 11.2 Å². The first-order valence-corrected chi connectivity index (χ1v) is 8.68. The van der Waals surface area contributed by atoms with Crippen LogP contribution in [0, 0.1) is 0 Å². The van der Waals surface area contributed by atoms with Gasteiger partial charge in [0.15, 0.2) is 11.5 Å². The van der Waals surface area contributed by atoms with Gasteiger partial charge in [-0.05, 0) is 24.3 Å². The zero-order valence-corrected chi connectivity index (χ0v) is 14.5. The first kappa shape index (κ1) is 17.1. The fraction of sp³-hybridized carbons (Fsp3) is 0.333. The van der Waals surface area contributed by atoms with Crippen molar-refractivity contribution in [1.82, 2.24) is 19.9 Å². The minimum absolute atomic E-state index is 0.00199. The Balaban J connectivity index is 1.26. The molecule has 0 atom stereocenters. The fourth-order valence-electron chi connectivity index (χ4n) is 2.95. The average Bonchev–Trinajstić information content (AvgIpc) is 3.47. The van der Waals surface area contributed by atoms with Gasteiger partial charge in [-0.15, -0.1) is 0 Å². The highest BCUT2D eigenvalue weighted by molar-refractivity contribution is 5.91. The second-order valence-electron chi connectivity index (χ2n) is 6.14. The van der Waals surface area contributed by atoms with Crippen molar-refractivity contribution in [1.29, 1.82) is 0 Å². The van der Waals surface area contributed by atoms with Crippen LogP contribution in [-0.4, -0.2) is 57.9 Å². The van der Waals surface area contributed by atoms with Crippen molar-refractivity contribution < 1.29 is 22.9 Å². The number of carbonyl (C=O) groups is 2. The maximum Gasteiger partial charge on any atom is 0.289 e. The first-order chi connectivity index (χ1) is 13.2. The molecule has 1 aliphatic heterocycles. The smallest absolute Gasteiger partial charge is 0.289 e. The van der Waals surface area contributed by atoms with Gasteiger partial charge >= 0.3 is 0 Å². The van der Waals surface area contributed by atoms with Crippen LogP contribution in [0.1, 0.15) is 22.9 Å². The molecule has 0 bridgehead atoms. The molecule has 140 valence electrons. The molecule has 0 saturated carbocycles. The second-order valence-corrected chi connectivity index (χ2v) is 6.14. The van der Waals surface area contributed by atoms with E-state index in [4.69, 9.17) is 13.4 Å². The molecule has 4 rings (SSSR count). The second kappa shape index (κ2) is 7.48. The molecule has 1 fully saturated rings. The van der Waals surface area contributed by atoms with Crippen LogP contribution in [0.4, 0.5) is 0 Å². The summed E-state index contributed by atoms with van der Waals surface area (Å²) in [6, 6.07) is 6.80. The molecular weight excluding hydrogens is 352 g/mol. The third-order valence-electron chi connectivity index (χ3n) is 4.41. The van der Waals surface area contributed by atoms with Crippen LogP contribution in [0.3, 0.4) is 0 Å². The number of nitrogens with zero attached hydrogens (tertiary/aromatic N) is 4. The van der Waals surface area contributed by atoms with E-state index in [0.29, 0.717) is 55.8 Å². The first-order valence-electron chi connectivity index (χ1n) is 8.68. The lowest BCUT2D eigenvalue weighted by Crippen LogP contribution is -2.50. The van der Waals surface area contributed by atoms with Gasteiger partial charge in [0.25, 0.3) is 5.91 Å². The number of amides is 2. The highest BCUT2D eigenvalue weighted by Crippen LogP contribution is 2.17. The summed E-state index contributed by atoms with van der Waals surface area (Å²) >= 11 is 0. The lowest BCUT2D eigenvalue weighted by Gasteiger charge is -2.34. The number of hydrogen-bond acceptors (Lipinski definition) is 7. The van der Waals surface area contributed by atoms with E-state index in [1.165, 1.54) is 12.5 Å². The Kier molecular flexibility index (Phi) is 4.73. The van der Waals surface area contributed by atoms with Crippen molar-refractivity contribution in [2.45, 2.75) is 12.8 Å². The minimum atomic E-state index is -0.150. The highest BCUT2D eigenvalue weighted by atomic mass is 16.5. The molecule has 4 heterocycles. The Morgan fingerprint density at radius 2 is 1.74 bits per heavy atom. The number of piperazine rings is 1. The Morgan fingerprint density at radius 3 is 2.44 bits per heavy atom. The van der Waals surface area contributed by atoms with Crippen molar-refractivity contribution in [3.8, 4) is 11.6 Å². The van der Waals surface area contributed by atoms with Gasteiger partial charge in [0.05, 0.1) is 12.5 Å². The number of aromatic nitrogens is 2. The number of rotatable bonds is 5. The van der Waals surface area contributed by atoms with Crippen molar-refractivity contribution in [2.24, 2.45) is 0 Å². The third-order valence-corrected chi connectivity index (χ3v) is 4.41. The van der Waals surface area contributed by atoms with E-state index >= 15 is 0 Å². The predicted octanol–water partition coefficient (Wildman–Crippen LogP) is 1.84. The summed E-state index contributed by atoms with van der Waals surface area (Å²) < 4.78 is 15.5. The lowest BCUT2D eigenvalue weighted by atomic mass is 10.2. The molecule has 27 heavy (non-hydrogen) atoms. The largest absolute Gasteiger partial charge is 0.461 e. The molecule has 9 nitrogen and oxygen atoms in total. The maximum atomic E-state index is 12.4. The number of aryl methyl sites for hydroxylation is 1. The van der Waals surface area contributed by atoms with Crippen LogP contribution in [0.15, 0.2) is 50.1 Å². The van der Waals surface area contributed by atoms with Crippen LogP contribution in [0.25, 0.3) is 11.6 Å². The van der Waals surface area contributed by atoms with Gasteiger partial charge in [-0.2, -0.15) is 4.98 Å². The summed E-state index contributed by atoms with van der Waals surface area (Å²) in [6.45, 7) is 1.95. The van der Waals surface area contributed by atoms with Gasteiger partial charge < -0.3 is 23.2 Å². The summed E-state index contributed by atoms with van der Waals surface area (Å²) in [5, 5.41) is 3.85. The zero-order chi connectivity index (χ0) is 18.6. The SMILES string of the molecule is O=C(CCc1nc(-c2ccco2)no1)N1CCN(C(=O)c2ccco2)CC1. The summed E-state index contributed by atoms with van der Waals surface area (Å²) in [6.07, 6.45) is 3.64. The topological polar surface area (TPSA) is 106 Å². The van der Waals surface area contributed by atoms with E-state index in [-0.39, 0.29) is 18.2 Å². The molecule has 0 spiro atoms. The molecule has 3 aromatic heterocycles. The molecule has 3 aromatic rings. The number of hydrogen-bond donors (Lipinski definition) is 0. The standard InChI is InChI=1S/C18H18N4O5/c23-16(6-5-15-19-17(20-27-15)13-3-1-11-25-13)21-7-9-22(10-8-21)18(24)14-4-2-12-26-14/h1-4,11-12H,5-10H2. The Morgan fingerprint density at radius 1 is 1.00 bits per heavy atom. The number of furan rings is 2. The zero-order valence-electron chi connectivity index (χ0n) is 14.5. The van der Waals surface area contributed by atoms with Gasteiger partial charge in [-0.1, -0.05) is 5.16 Å². The van der Waals surface area contributed by atoms with E-state index < -0.39 is 0 Å². The number of carbonyl (C=O) groups excluding carboxylic acids is 2. The minimum Gasteiger partial charge on any atom is -0.461 e. The maximum absolute atomic E-state index is 12.4. The van der Waals surface area contributed by atoms with Crippen molar-refractivity contribution >= 4 is 11.8 Å². The fourth-order valence-corrected chi connectivity index (χ4v) is 2.95. The molecule has 1 saturated heterocycles.